The van der Waals surface area contributed by atoms with Crippen LogP contribution in [0.15, 0.2) is 72.8 Å². The minimum atomic E-state index is -0.864. The first kappa shape index (κ1) is 30.7. The van der Waals surface area contributed by atoms with Crippen molar-refractivity contribution in [2.24, 2.45) is 0 Å². The summed E-state index contributed by atoms with van der Waals surface area (Å²) in [6.07, 6.45) is -0.944. The maximum absolute atomic E-state index is 12.3. The van der Waals surface area contributed by atoms with Crippen molar-refractivity contribution in [3.63, 3.8) is 0 Å². The van der Waals surface area contributed by atoms with E-state index in [-0.39, 0.29) is 31.3 Å². The highest BCUT2D eigenvalue weighted by Crippen LogP contribution is 2.39. The molecule has 0 bridgehead atoms. The summed E-state index contributed by atoms with van der Waals surface area (Å²) in [5.41, 5.74) is 5.66. The number of nitrogens with one attached hydrogen (secondary N) is 1. The maximum Gasteiger partial charge on any atom is 0.303 e. The standard InChI is InChI=1S/C32H37NO7S/c1-21(38-22(2)36)31(37)33-18-27-5-3-4-6-29(27)24-11-13-26(14-12-24)32-39-28(20-41-16-15-34)17-30(40-32)25-9-7-23(19-35)8-10-25/h3-14,21,28,30,32,34-35H,15-20H2,1-2H3,(H,33,37). The minimum absolute atomic E-state index is 0.00673. The Morgan fingerprint density at radius 2 is 1.71 bits per heavy atom. The zero-order chi connectivity index (χ0) is 29.2. The van der Waals surface area contributed by atoms with E-state index in [1.807, 2.05) is 72.8 Å². The van der Waals surface area contributed by atoms with Gasteiger partial charge in [-0.25, -0.2) is 0 Å². The number of aliphatic hydroxyl groups is 2. The van der Waals surface area contributed by atoms with E-state index in [4.69, 9.17) is 14.2 Å². The van der Waals surface area contributed by atoms with Crippen molar-refractivity contribution in [2.45, 2.75) is 58.0 Å². The molecule has 0 radical (unpaired) electrons. The van der Waals surface area contributed by atoms with Crippen molar-refractivity contribution in [2.75, 3.05) is 18.1 Å². The zero-order valence-electron chi connectivity index (χ0n) is 23.3. The molecule has 0 saturated carbocycles. The summed E-state index contributed by atoms with van der Waals surface area (Å²) in [6.45, 7) is 3.23. The minimum Gasteiger partial charge on any atom is -0.453 e. The van der Waals surface area contributed by atoms with Crippen LogP contribution < -0.4 is 5.32 Å². The Labute approximate surface area is 245 Å². The van der Waals surface area contributed by atoms with Crippen LogP contribution in [0.2, 0.25) is 0 Å². The summed E-state index contributed by atoms with van der Waals surface area (Å²) in [5.74, 6) is 0.543. The Morgan fingerprint density at radius 1 is 1.00 bits per heavy atom. The molecule has 3 aromatic carbocycles. The van der Waals surface area contributed by atoms with Gasteiger partial charge < -0.3 is 29.7 Å². The van der Waals surface area contributed by atoms with Gasteiger partial charge in [0.25, 0.3) is 5.91 Å². The Balaban J connectivity index is 1.49. The first-order valence-corrected chi connectivity index (χ1v) is 14.9. The van der Waals surface area contributed by atoms with Crippen molar-refractivity contribution in [3.8, 4) is 11.1 Å². The highest BCUT2D eigenvalue weighted by atomic mass is 32.2. The predicted molar refractivity (Wildman–Crippen MR) is 158 cm³/mol. The molecule has 8 nitrogen and oxygen atoms in total. The van der Waals surface area contributed by atoms with E-state index >= 15 is 0 Å². The number of hydrogen-bond acceptors (Lipinski definition) is 8. The molecule has 1 aliphatic rings. The van der Waals surface area contributed by atoms with Crippen molar-refractivity contribution < 1.29 is 34.0 Å². The summed E-state index contributed by atoms with van der Waals surface area (Å²) in [4.78, 5) is 23.5. The van der Waals surface area contributed by atoms with Gasteiger partial charge in [0.05, 0.1) is 25.4 Å². The molecule has 1 saturated heterocycles. The van der Waals surface area contributed by atoms with Crippen LogP contribution in [0.5, 0.6) is 0 Å². The van der Waals surface area contributed by atoms with E-state index in [1.165, 1.54) is 6.92 Å². The summed E-state index contributed by atoms with van der Waals surface area (Å²) in [7, 11) is 0. The van der Waals surface area contributed by atoms with Gasteiger partial charge in [0, 0.05) is 37.0 Å². The first-order chi connectivity index (χ1) is 19.9. The average molecular weight is 580 g/mol. The van der Waals surface area contributed by atoms with E-state index in [1.54, 1.807) is 18.7 Å². The topological polar surface area (TPSA) is 114 Å². The van der Waals surface area contributed by atoms with Crippen molar-refractivity contribution in [1.29, 1.82) is 0 Å². The predicted octanol–water partition coefficient (Wildman–Crippen LogP) is 4.68. The number of carbonyl (C=O) groups is 2. The van der Waals surface area contributed by atoms with Gasteiger partial charge in [-0.15, -0.1) is 0 Å². The van der Waals surface area contributed by atoms with E-state index in [0.717, 1.165) is 39.1 Å². The third-order valence-corrected chi connectivity index (χ3v) is 7.91. The molecule has 4 rings (SSSR count). The number of amides is 1. The lowest BCUT2D eigenvalue weighted by molar-refractivity contribution is -0.245. The molecule has 0 aromatic heterocycles. The Hall–Kier alpha value is -3.21. The first-order valence-electron chi connectivity index (χ1n) is 13.7. The average Bonchev–Trinajstić information content (AvgIpc) is 3.00. The van der Waals surface area contributed by atoms with Crippen molar-refractivity contribution in [3.05, 3.63) is 95.1 Å². The van der Waals surface area contributed by atoms with E-state index in [9.17, 15) is 19.8 Å². The lowest BCUT2D eigenvalue weighted by Crippen LogP contribution is -2.35. The Bertz CT molecular complexity index is 1280. The summed E-state index contributed by atoms with van der Waals surface area (Å²) in [6, 6.07) is 23.6. The van der Waals surface area contributed by atoms with E-state index in [0.29, 0.717) is 18.7 Å². The fourth-order valence-corrected chi connectivity index (χ4v) is 5.48. The number of carbonyl (C=O) groups excluding carboxylic acids is 2. The molecule has 3 N–H and O–H groups in total. The molecule has 4 atom stereocenters. The van der Waals surface area contributed by atoms with Gasteiger partial charge in [-0.2, -0.15) is 11.8 Å². The van der Waals surface area contributed by atoms with Crippen molar-refractivity contribution in [1.82, 2.24) is 5.32 Å². The second kappa shape index (κ2) is 15.1. The van der Waals surface area contributed by atoms with Gasteiger partial charge in [0.15, 0.2) is 12.4 Å². The van der Waals surface area contributed by atoms with Gasteiger partial charge in [-0.1, -0.05) is 72.8 Å². The summed E-state index contributed by atoms with van der Waals surface area (Å²) < 4.78 is 17.7. The number of esters is 1. The lowest BCUT2D eigenvalue weighted by atomic mass is 9.97. The Morgan fingerprint density at radius 3 is 2.39 bits per heavy atom. The highest BCUT2D eigenvalue weighted by molar-refractivity contribution is 7.99. The lowest BCUT2D eigenvalue weighted by Gasteiger charge is -2.36. The van der Waals surface area contributed by atoms with Gasteiger partial charge in [-0.05, 0) is 34.7 Å². The number of aliphatic hydroxyl groups excluding tert-OH is 2. The molecule has 1 amide bonds. The number of thioether (sulfide) groups is 1. The number of ether oxygens (including phenoxy) is 3. The molecule has 1 aliphatic heterocycles. The molecule has 41 heavy (non-hydrogen) atoms. The van der Waals surface area contributed by atoms with E-state index < -0.39 is 18.4 Å². The molecule has 218 valence electrons. The quantitative estimate of drug-likeness (QED) is 0.209. The number of rotatable bonds is 12. The molecule has 4 unspecified atom stereocenters. The molecule has 9 heteroatoms. The van der Waals surface area contributed by atoms with Gasteiger partial charge in [0.2, 0.25) is 0 Å². The third-order valence-electron chi connectivity index (χ3n) is 6.83. The van der Waals surface area contributed by atoms with Crippen LogP contribution in [0.4, 0.5) is 0 Å². The molecule has 0 aliphatic carbocycles. The fourth-order valence-electron chi connectivity index (χ4n) is 4.71. The normalized spacial score (nSPS) is 19.4. The van der Waals surface area contributed by atoms with E-state index in [2.05, 4.69) is 5.32 Å². The fraction of sp³-hybridized carbons (Fsp3) is 0.375. The largest absolute Gasteiger partial charge is 0.453 e. The molecular formula is C32H37NO7S. The zero-order valence-corrected chi connectivity index (χ0v) is 24.1. The smallest absolute Gasteiger partial charge is 0.303 e. The van der Waals surface area contributed by atoms with Crippen LogP contribution in [0.3, 0.4) is 0 Å². The van der Waals surface area contributed by atoms with Crippen LogP contribution in [0.1, 0.15) is 54.9 Å². The summed E-state index contributed by atoms with van der Waals surface area (Å²) in [5, 5.41) is 21.5. The third kappa shape index (κ3) is 8.64. The molecule has 3 aromatic rings. The SMILES string of the molecule is CC(=O)OC(C)C(=O)NCc1ccccc1-c1ccc(C2OC(CSCCO)CC(c3ccc(CO)cc3)O2)cc1. The Kier molecular flexibility index (Phi) is 11.4. The number of benzene rings is 3. The highest BCUT2D eigenvalue weighted by Gasteiger charge is 2.32. The summed E-state index contributed by atoms with van der Waals surface area (Å²) >= 11 is 1.65. The second-order valence-electron chi connectivity index (χ2n) is 9.90. The van der Waals surface area contributed by atoms with Crippen molar-refractivity contribution >= 4 is 23.6 Å². The molecule has 1 fully saturated rings. The molecule has 1 heterocycles. The van der Waals surface area contributed by atoms with Gasteiger partial charge >= 0.3 is 5.97 Å². The molecular weight excluding hydrogens is 542 g/mol. The number of hydrogen-bond donors (Lipinski definition) is 3. The van der Waals surface area contributed by atoms with Crippen LogP contribution in [0, 0.1) is 0 Å². The second-order valence-corrected chi connectivity index (χ2v) is 11.0. The molecule has 0 spiro atoms. The van der Waals surface area contributed by atoms with Gasteiger partial charge in [0.1, 0.15) is 0 Å². The van der Waals surface area contributed by atoms with Crippen LogP contribution in [-0.2, 0) is 37.0 Å². The monoisotopic (exact) mass is 579 g/mol. The van der Waals surface area contributed by atoms with Crippen LogP contribution in [-0.4, -0.2) is 52.4 Å². The van der Waals surface area contributed by atoms with Crippen LogP contribution in [0.25, 0.3) is 11.1 Å². The van der Waals surface area contributed by atoms with Gasteiger partial charge in [-0.3, -0.25) is 9.59 Å². The maximum atomic E-state index is 12.3. The van der Waals surface area contributed by atoms with Crippen LogP contribution >= 0.6 is 11.8 Å².